The number of nitrogens with two attached hydrogens (primary N) is 1. The molecule has 2 rings (SSSR count). The number of hydrogen-bond donors (Lipinski definition) is 1. The summed E-state index contributed by atoms with van der Waals surface area (Å²) >= 11 is 0. The van der Waals surface area contributed by atoms with E-state index in [4.69, 9.17) is 15.2 Å². The average Bonchev–Trinajstić information content (AvgIpc) is 2.74. The van der Waals surface area contributed by atoms with Crippen molar-refractivity contribution in [2.24, 2.45) is 11.1 Å². The van der Waals surface area contributed by atoms with Gasteiger partial charge in [0.25, 0.3) is 5.92 Å². The average molecular weight is 257 g/mol. The first-order valence-electron chi connectivity index (χ1n) is 5.78. The number of rotatable bonds is 3. The summed E-state index contributed by atoms with van der Waals surface area (Å²) in [5.74, 6) is -2.15. The first kappa shape index (κ1) is 13.1. The van der Waals surface area contributed by atoms with E-state index in [0.29, 0.717) is 17.1 Å². The molecule has 0 radical (unpaired) electrons. The third-order valence-corrected chi connectivity index (χ3v) is 3.42. The fourth-order valence-corrected chi connectivity index (χ4v) is 1.87. The molecule has 0 atom stereocenters. The molecular formula is C13H17F2NO2. The number of alkyl halides is 2. The molecule has 1 aliphatic rings. The highest BCUT2D eigenvalue weighted by atomic mass is 19.3. The molecule has 0 unspecified atom stereocenters. The zero-order chi connectivity index (χ0) is 13.6. The van der Waals surface area contributed by atoms with Crippen LogP contribution in [0.3, 0.4) is 0 Å². The van der Waals surface area contributed by atoms with Crippen molar-refractivity contribution < 1.29 is 18.3 Å². The molecule has 0 bridgehead atoms. The van der Waals surface area contributed by atoms with Gasteiger partial charge < -0.3 is 15.2 Å². The molecule has 0 saturated heterocycles. The lowest BCUT2D eigenvalue weighted by Gasteiger charge is -2.34. The Hall–Kier alpha value is -1.36. The lowest BCUT2D eigenvalue weighted by Crippen LogP contribution is -2.40. The summed E-state index contributed by atoms with van der Waals surface area (Å²) in [6.45, 7) is 4.52. The molecule has 0 fully saturated rings. The molecule has 5 heteroatoms. The number of halogens is 2. The molecule has 0 spiro atoms. The number of benzene rings is 1. The van der Waals surface area contributed by atoms with E-state index in [9.17, 15) is 8.78 Å². The minimum absolute atomic E-state index is 0.0535. The normalized spacial score (nSPS) is 15.0. The standard InChI is InChI=1S/C13H17F2NO2/c1-8-4-10-11(18-7-17-10)5-9(8)13(14,15)12(2,3)6-16/h4-5H,6-7,16H2,1-3H3. The second kappa shape index (κ2) is 4.09. The number of fused-ring (bicyclic) bond motifs is 1. The lowest BCUT2D eigenvalue weighted by molar-refractivity contribution is -0.109. The van der Waals surface area contributed by atoms with Crippen molar-refractivity contribution in [1.29, 1.82) is 0 Å². The predicted octanol–water partition coefficient (Wildman–Crippen LogP) is 2.80. The molecule has 0 aromatic heterocycles. The first-order chi connectivity index (χ1) is 8.29. The van der Waals surface area contributed by atoms with Crippen molar-refractivity contribution in [3.05, 3.63) is 23.3 Å². The van der Waals surface area contributed by atoms with Crippen LogP contribution in [0.5, 0.6) is 11.5 Å². The monoisotopic (exact) mass is 257 g/mol. The minimum Gasteiger partial charge on any atom is -0.454 e. The van der Waals surface area contributed by atoms with Gasteiger partial charge in [-0.1, -0.05) is 13.8 Å². The molecule has 3 nitrogen and oxygen atoms in total. The highest BCUT2D eigenvalue weighted by Crippen LogP contribution is 2.48. The van der Waals surface area contributed by atoms with Gasteiger partial charge in [-0.2, -0.15) is 0 Å². The van der Waals surface area contributed by atoms with Crippen molar-refractivity contribution in [3.8, 4) is 11.5 Å². The van der Waals surface area contributed by atoms with Crippen LogP contribution in [0.25, 0.3) is 0 Å². The van der Waals surface area contributed by atoms with Gasteiger partial charge in [0.2, 0.25) is 6.79 Å². The Kier molecular flexibility index (Phi) is 2.97. The Labute approximate surface area is 105 Å². The van der Waals surface area contributed by atoms with Crippen LogP contribution in [0.1, 0.15) is 25.0 Å². The van der Waals surface area contributed by atoms with E-state index in [2.05, 4.69) is 0 Å². The topological polar surface area (TPSA) is 44.5 Å². The van der Waals surface area contributed by atoms with Crippen molar-refractivity contribution >= 4 is 0 Å². The van der Waals surface area contributed by atoms with Crippen LogP contribution in [0.15, 0.2) is 12.1 Å². The van der Waals surface area contributed by atoms with Gasteiger partial charge in [0.15, 0.2) is 11.5 Å². The lowest BCUT2D eigenvalue weighted by atomic mass is 9.80. The van der Waals surface area contributed by atoms with Crippen molar-refractivity contribution in [1.82, 2.24) is 0 Å². The molecule has 0 saturated carbocycles. The molecule has 1 heterocycles. The molecule has 0 amide bonds. The van der Waals surface area contributed by atoms with Gasteiger partial charge in [-0.3, -0.25) is 0 Å². The number of hydrogen-bond acceptors (Lipinski definition) is 3. The summed E-state index contributed by atoms with van der Waals surface area (Å²) in [5, 5.41) is 0. The molecular weight excluding hydrogens is 240 g/mol. The highest BCUT2D eigenvalue weighted by Gasteiger charge is 2.48. The number of aryl methyl sites for hydroxylation is 1. The second-order valence-corrected chi connectivity index (χ2v) is 5.18. The van der Waals surface area contributed by atoms with Gasteiger partial charge in [-0.05, 0) is 24.6 Å². The molecule has 2 N–H and O–H groups in total. The predicted molar refractivity (Wildman–Crippen MR) is 64.0 cm³/mol. The molecule has 1 aliphatic heterocycles. The van der Waals surface area contributed by atoms with Gasteiger partial charge in [0.1, 0.15) is 0 Å². The maximum Gasteiger partial charge on any atom is 0.279 e. The van der Waals surface area contributed by atoms with Crippen LogP contribution in [-0.2, 0) is 5.92 Å². The van der Waals surface area contributed by atoms with E-state index in [0.717, 1.165) is 0 Å². The fourth-order valence-electron chi connectivity index (χ4n) is 1.87. The quantitative estimate of drug-likeness (QED) is 0.905. The molecule has 100 valence electrons. The zero-order valence-corrected chi connectivity index (χ0v) is 10.7. The van der Waals surface area contributed by atoms with Crippen LogP contribution in [0, 0.1) is 12.3 Å². The Morgan fingerprint density at radius 3 is 2.33 bits per heavy atom. The van der Waals surface area contributed by atoms with Crippen molar-refractivity contribution in [2.75, 3.05) is 13.3 Å². The highest BCUT2D eigenvalue weighted by molar-refractivity contribution is 5.50. The summed E-state index contributed by atoms with van der Waals surface area (Å²) in [7, 11) is 0. The maximum atomic E-state index is 14.5. The van der Waals surface area contributed by atoms with E-state index in [1.165, 1.54) is 19.9 Å². The van der Waals surface area contributed by atoms with Crippen LogP contribution in [-0.4, -0.2) is 13.3 Å². The van der Waals surface area contributed by atoms with Crippen molar-refractivity contribution in [3.63, 3.8) is 0 Å². The van der Waals surface area contributed by atoms with Crippen LogP contribution in [0.4, 0.5) is 8.78 Å². The van der Waals surface area contributed by atoms with Gasteiger partial charge in [0, 0.05) is 17.5 Å². The third-order valence-electron chi connectivity index (χ3n) is 3.42. The second-order valence-electron chi connectivity index (χ2n) is 5.18. The maximum absolute atomic E-state index is 14.5. The summed E-state index contributed by atoms with van der Waals surface area (Å²) in [6, 6.07) is 2.94. The molecule has 18 heavy (non-hydrogen) atoms. The molecule has 1 aromatic rings. The van der Waals surface area contributed by atoms with Crippen molar-refractivity contribution in [2.45, 2.75) is 26.7 Å². The van der Waals surface area contributed by atoms with Gasteiger partial charge >= 0.3 is 0 Å². The Balaban J connectivity index is 2.51. The zero-order valence-electron chi connectivity index (χ0n) is 10.7. The largest absolute Gasteiger partial charge is 0.454 e. The summed E-state index contributed by atoms with van der Waals surface area (Å²) in [6.07, 6.45) is 0. The summed E-state index contributed by atoms with van der Waals surface area (Å²) in [5.41, 5.74) is 4.57. The SMILES string of the molecule is Cc1cc2c(cc1C(F)(F)C(C)(C)CN)OCO2. The first-order valence-corrected chi connectivity index (χ1v) is 5.78. The smallest absolute Gasteiger partial charge is 0.279 e. The Bertz CT molecular complexity index is 472. The minimum atomic E-state index is -3.02. The third kappa shape index (κ3) is 1.82. The van der Waals surface area contributed by atoms with E-state index in [1.54, 1.807) is 13.0 Å². The van der Waals surface area contributed by atoms with Gasteiger partial charge in [0.05, 0.1) is 0 Å². The van der Waals surface area contributed by atoms with E-state index in [-0.39, 0.29) is 18.9 Å². The Morgan fingerprint density at radius 1 is 1.22 bits per heavy atom. The summed E-state index contributed by atoms with van der Waals surface area (Å²) in [4.78, 5) is 0. The van der Waals surface area contributed by atoms with Crippen LogP contribution in [0.2, 0.25) is 0 Å². The van der Waals surface area contributed by atoms with E-state index < -0.39 is 11.3 Å². The van der Waals surface area contributed by atoms with Crippen LogP contribution < -0.4 is 15.2 Å². The summed E-state index contributed by atoms with van der Waals surface area (Å²) < 4.78 is 39.3. The fraction of sp³-hybridized carbons (Fsp3) is 0.538. The van der Waals surface area contributed by atoms with Crippen LogP contribution >= 0.6 is 0 Å². The van der Waals surface area contributed by atoms with E-state index in [1.807, 2.05) is 0 Å². The van der Waals surface area contributed by atoms with Gasteiger partial charge in [-0.15, -0.1) is 0 Å². The molecule has 0 aliphatic carbocycles. The Morgan fingerprint density at radius 2 is 1.78 bits per heavy atom. The van der Waals surface area contributed by atoms with Gasteiger partial charge in [-0.25, -0.2) is 8.78 Å². The molecule has 1 aromatic carbocycles. The number of ether oxygens (including phenoxy) is 2. The van der Waals surface area contributed by atoms with E-state index >= 15 is 0 Å².